The molecule has 5 rings (SSSR count). The number of halogens is 4. The van der Waals surface area contributed by atoms with Crippen LogP contribution in [0.15, 0.2) is 30.6 Å². The van der Waals surface area contributed by atoms with E-state index in [4.69, 9.17) is 32.7 Å². The Morgan fingerprint density at radius 1 is 1.11 bits per heavy atom. The Bertz CT molecular complexity index is 1470. The van der Waals surface area contributed by atoms with Gasteiger partial charge in [0.05, 0.1) is 12.4 Å². The van der Waals surface area contributed by atoms with E-state index in [2.05, 4.69) is 14.5 Å². The Morgan fingerprint density at radius 2 is 1.80 bits per heavy atom. The topological polar surface area (TPSA) is 116 Å². The average Bonchev–Trinajstić information content (AvgIpc) is 3.68. The molecule has 3 heterocycles. The maximum atomic E-state index is 13.7. The standard InChI is InChI=1S/C29H36Cl2F2N4O7S2/c1-34-6-8-35(9-7-34)11-13-46(40,41)37-10-12-45-27(37)28(38)43-25(15-21-22(30)16-36(39)17-23(21)31)20-4-5-24(44-29(32)33)26(14-20)42-18-19-2-3-19/h4-5,14,16-17,19,25,27,29H,2-3,6-13,15,18H2,1H3. The highest BCUT2D eigenvalue weighted by molar-refractivity contribution is 8.02. The molecule has 0 amide bonds. The van der Waals surface area contributed by atoms with Crippen molar-refractivity contribution in [3.05, 3.63) is 57.0 Å². The normalized spacial score (nSPS) is 20.6. The number of esters is 1. The second-order valence-corrected chi connectivity index (χ2v) is 15.6. The molecule has 2 aliphatic heterocycles. The molecule has 2 saturated heterocycles. The SMILES string of the molecule is CN1CCN(CCS(=O)(=O)N2CCSC2C(=O)OC(Cc2c(Cl)c[n+]([O-])cc2Cl)c2ccc(OC(F)F)c(OCC3CC3)c2)CC1. The van der Waals surface area contributed by atoms with Gasteiger partial charge in [-0.05, 0) is 43.5 Å². The number of benzene rings is 1. The van der Waals surface area contributed by atoms with Crippen molar-refractivity contribution < 1.29 is 40.9 Å². The molecule has 2 aromatic rings. The van der Waals surface area contributed by atoms with Gasteiger partial charge in [0.25, 0.3) is 0 Å². The molecule has 1 aromatic heterocycles. The first-order valence-corrected chi connectivity index (χ1v) is 18.3. The first kappa shape index (κ1) is 35.2. The lowest BCUT2D eigenvalue weighted by molar-refractivity contribution is -0.605. The molecule has 17 heteroatoms. The molecule has 1 saturated carbocycles. The minimum absolute atomic E-state index is 0.0229. The van der Waals surface area contributed by atoms with Crippen LogP contribution in [0.4, 0.5) is 8.78 Å². The molecule has 2 atom stereocenters. The van der Waals surface area contributed by atoms with Crippen molar-refractivity contribution in [2.75, 3.05) is 64.4 Å². The Kier molecular flexibility index (Phi) is 11.8. The summed E-state index contributed by atoms with van der Waals surface area (Å²) in [4.78, 5) is 18.0. The number of rotatable bonds is 14. The van der Waals surface area contributed by atoms with Crippen molar-refractivity contribution in [3.63, 3.8) is 0 Å². The van der Waals surface area contributed by atoms with Crippen molar-refractivity contribution in [1.29, 1.82) is 0 Å². The first-order chi connectivity index (χ1) is 21.9. The molecular formula is C29H36Cl2F2N4O7S2. The molecule has 3 aliphatic rings. The fourth-order valence-corrected chi connectivity index (χ4v) is 8.97. The highest BCUT2D eigenvalue weighted by Crippen LogP contribution is 2.39. The summed E-state index contributed by atoms with van der Waals surface area (Å²) in [5.74, 6) is -0.376. The number of hydrogen-bond acceptors (Lipinski definition) is 10. The van der Waals surface area contributed by atoms with Gasteiger partial charge in [-0.2, -0.15) is 17.8 Å². The Labute approximate surface area is 281 Å². The number of thioether (sulfide) groups is 1. The summed E-state index contributed by atoms with van der Waals surface area (Å²) in [6, 6.07) is 4.19. The van der Waals surface area contributed by atoms with Gasteiger partial charge in [0.2, 0.25) is 10.0 Å². The molecule has 0 spiro atoms. The summed E-state index contributed by atoms with van der Waals surface area (Å²) < 4.78 is 71.3. The van der Waals surface area contributed by atoms with Crippen LogP contribution in [0.2, 0.25) is 10.0 Å². The average molecular weight is 726 g/mol. The monoisotopic (exact) mass is 724 g/mol. The lowest BCUT2D eigenvalue weighted by atomic mass is 10.0. The third kappa shape index (κ3) is 9.26. The van der Waals surface area contributed by atoms with E-state index in [1.54, 1.807) is 0 Å². The fourth-order valence-electron chi connectivity index (χ4n) is 5.22. The zero-order valence-corrected chi connectivity index (χ0v) is 28.3. The number of alkyl halides is 2. The summed E-state index contributed by atoms with van der Waals surface area (Å²) in [5, 5.41) is 10.8. The Morgan fingerprint density at radius 3 is 2.46 bits per heavy atom. The Hall–Kier alpha value is -2.14. The smallest absolute Gasteiger partial charge is 0.387 e. The third-order valence-electron chi connectivity index (χ3n) is 8.10. The van der Waals surface area contributed by atoms with Crippen molar-refractivity contribution in [1.82, 2.24) is 14.1 Å². The van der Waals surface area contributed by atoms with E-state index in [1.165, 1.54) is 22.5 Å². The van der Waals surface area contributed by atoms with E-state index >= 15 is 0 Å². The van der Waals surface area contributed by atoms with Crippen molar-refractivity contribution in [2.45, 2.75) is 37.4 Å². The highest BCUT2D eigenvalue weighted by atomic mass is 35.5. The number of ether oxygens (including phenoxy) is 3. The van der Waals surface area contributed by atoms with Crippen LogP contribution in [0.5, 0.6) is 11.5 Å². The van der Waals surface area contributed by atoms with E-state index in [1.807, 2.05) is 7.05 Å². The van der Waals surface area contributed by atoms with Gasteiger partial charge in [-0.1, -0.05) is 29.3 Å². The van der Waals surface area contributed by atoms with Crippen molar-refractivity contribution in [2.24, 2.45) is 5.92 Å². The van der Waals surface area contributed by atoms with E-state index < -0.39 is 34.1 Å². The van der Waals surface area contributed by atoms with Crippen LogP contribution in [0.3, 0.4) is 0 Å². The van der Waals surface area contributed by atoms with Crippen LogP contribution in [-0.2, 0) is 26.0 Å². The zero-order valence-electron chi connectivity index (χ0n) is 25.2. The van der Waals surface area contributed by atoms with Crippen molar-refractivity contribution in [3.8, 4) is 11.5 Å². The molecule has 0 N–H and O–H groups in total. The first-order valence-electron chi connectivity index (χ1n) is 14.9. The van der Waals surface area contributed by atoms with Gasteiger partial charge in [0.1, 0.15) is 16.1 Å². The number of hydrogen-bond donors (Lipinski definition) is 0. The second-order valence-electron chi connectivity index (χ2n) is 11.6. The van der Waals surface area contributed by atoms with Crippen LogP contribution in [0.25, 0.3) is 0 Å². The molecule has 0 radical (unpaired) electrons. The molecule has 1 aromatic carbocycles. The van der Waals surface area contributed by atoms with E-state index in [9.17, 15) is 27.2 Å². The second kappa shape index (κ2) is 15.4. The molecule has 3 fully saturated rings. The number of pyridine rings is 1. The summed E-state index contributed by atoms with van der Waals surface area (Å²) >= 11 is 13.9. The summed E-state index contributed by atoms with van der Waals surface area (Å²) in [6.45, 7) is 0.934. The minimum atomic E-state index is -3.81. The maximum Gasteiger partial charge on any atom is 0.387 e. The zero-order chi connectivity index (χ0) is 33.0. The highest BCUT2D eigenvalue weighted by Gasteiger charge is 2.41. The van der Waals surface area contributed by atoms with Gasteiger partial charge < -0.3 is 24.3 Å². The lowest BCUT2D eigenvalue weighted by Crippen LogP contribution is -2.48. The number of sulfonamides is 1. The molecule has 46 heavy (non-hydrogen) atoms. The van der Waals surface area contributed by atoms with Gasteiger partial charge in [0, 0.05) is 57.0 Å². The quantitative estimate of drug-likeness (QED) is 0.162. The van der Waals surface area contributed by atoms with Crippen LogP contribution < -0.4 is 14.2 Å². The molecule has 254 valence electrons. The summed E-state index contributed by atoms with van der Waals surface area (Å²) in [7, 11) is -1.79. The summed E-state index contributed by atoms with van der Waals surface area (Å²) in [6.07, 6.45) is 2.92. The van der Waals surface area contributed by atoms with Crippen LogP contribution >= 0.6 is 35.0 Å². The maximum absolute atomic E-state index is 13.7. The number of piperazine rings is 1. The van der Waals surface area contributed by atoms with Gasteiger partial charge in [0.15, 0.2) is 29.3 Å². The summed E-state index contributed by atoms with van der Waals surface area (Å²) in [5.41, 5.74) is 0.650. The number of likely N-dealkylation sites (N-methyl/N-ethyl adjacent to an activating group) is 1. The predicted octanol–water partition coefficient (Wildman–Crippen LogP) is 3.80. The van der Waals surface area contributed by atoms with Crippen LogP contribution in [0, 0.1) is 11.1 Å². The van der Waals surface area contributed by atoms with Crippen LogP contribution in [0.1, 0.15) is 30.1 Å². The number of aromatic nitrogens is 1. The minimum Gasteiger partial charge on any atom is -0.619 e. The van der Waals surface area contributed by atoms with Gasteiger partial charge in [-0.15, -0.1) is 11.8 Å². The van der Waals surface area contributed by atoms with Gasteiger partial charge in [-0.3, -0.25) is 4.90 Å². The number of nitrogens with zero attached hydrogens (tertiary/aromatic N) is 4. The lowest BCUT2D eigenvalue weighted by Gasteiger charge is -2.32. The van der Waals surface area contributed by atoms with Gasteiger partial charge >= 0.3 is 12.6 Å². The molecule has 0 bridgehead atoms. The van der Waals surface area contributed by atoms with Crippen molar-refractivity contribution >= 4 is 51.0 Å². The molecule has 2 unspecified atom stereocenters. The fraction of sp³-hybridized carbons (Fsp3) is 0.586. The molecular weight excluding hydrogens is 689 g/mol. The predicted molar refractivity (Wildman–Crippen MR) is 170 cm³/mol. The Balaban J connectivity index is 1.38. The number of carbonyl (C=O) groups excluding carboxylic acids is 1. The third-order valence-corrected chi connectivity index (χ3v) is 11.9. The van der Waals surface area contributed by atoms with Gasteiger partial charge in [-0.25, -0.2) is 13.2 Å². The molecule has 11 nitrogen and oxygen atoms in total. The van der Waals surface area contributed by atoms with E-state index in [-0.39, 0.29) is 40.3 Å². The number of carbonyl (C=O) groups is 1. The van der Waals surface area contributed by atoms with Crippen LogP contribution in [-0.4, -0.2) is 105 Å². The van der Waals surface area contributed by atoms with E-state index in [0.717, 1.165) is 63.2 Å². The van der Waals surface area contributed by atoms with E-state index in [0.29, 0.717) is 40.7 Å². The largest absolute Gasteiger partial charge is 0.619 e. The molecule has 1 aliphatic carbocycles.